The lowest BCUT2D eigenvalue weighted by Crippen LogP contribution is -2.52. The van der Waals surface area contributed by atoms with E-state index in [4.69, 9.17) is 4.74 Å². The van der Waals surface area contributed by atoms with E-state index in [9.17, 15) is 14.7 Å². The van der Waals surface area contributed by atoms with Crippen LogP contribution in [0.5, 0.6) is 0 Å². The second-order valence-corrected chi connectivity index (χ2v) is 8.43. The number of rotatable bonds is 3. The number of carboxylic acids is 1. The van der Waals surface area contributed by atoms with E-state index < -0.39 is 5.97 Å². The van der Waals surface area contributed by atoms with E-state index in [0.29, 0.717) is 17.4 Å². The minimum atomic E-state index is -0.775. The van der Waals surface area contributed by atoms with Crippen molar-refractivity contribution in [3.63, 3.8) is 0 Å². The van der Waals surface area contributed by atoms with E-state index in [1.54, 1.807) is 6.08 Å². The number of cyclic esters (lactones) is 1. The number of allylic oxidation sites excluding steroid dienone is 1. The highest BCUT2D eigenvalue weighted by atomic mass is 16.5. The van der Waals surface area contributed by atoms with Crippen molar-refractivity contribution in [2.24, 2.45) is 22.7 Å². The first kappa shape index (κ1) is 17.2. The molecule has 1 aliphatic heterocycles. The molecule has 0 amide bonds. The van der Waals surface area contributed by atoms with Gasteiger partial charge < -0.3 is 9.84 Å². The van der Waals surface area contributed by atoms with Crippen LogP contribution in [-0.2, 0) is 14.3 Å². The fraction of sp³-hybridized carbons (Fsp3) is 0.700. The summed E-state index contributed by atoms with van der Waals surface area (Å²) in [5, 5.41) is 9.69. The minimum Gasteiger partial charge on any atom is -0.478 e. The highest BCUT2D eigenvalue weighted by Crippen LogP contribution is 2.62. The van der Waals surface area contributed by atoms with Gasteiger partial charge in [0.15, 0.2) is 0 Å². The molecule has 0 radical (unpaired) electrons. The molecule has 1 saturated carbocycles. The first-order valence-electron chi connectivity index (χ1n) is 9.01. The Hall–Kier alpha value is -1.58. The van der Waals surface area contributed by atoms with E-state index in [0.717, 1.165) is 37.7 Å². The molecule has 0 saturated heterocycles. The maximum Gasteiger partial charge on any atom is 0.331 e. The molecular weight excluding hydrogens is 304 g/mol. The average Bonchev–Trinajstić information content (AvgIpc) is 2.80. The highest BCUT2D eigenvalue weighted by Gasteiger charge is 2.56. The van der Waals surface area contributed by atoms with Gasteiger partial charge in [0.25, 0.3) is 0 Å². The Bertz CT molecular complexity index is 632. The van der Waals surface area contributed by atoms with Crippen molar-refractivity contribution in [1.29, 1.82) is 0 Å². The van der Waals surface area contributed by atoms with Crippen LogP contribution in [0, 0.1) is 22.7 Å². The third-order valence-corrected chi connectivity index (χ3v) is 7.17. The Morgan fingerprint density at radius 2 is 2.08 bits per heavy atom. The van der Waals surface area contributed by atoms with Crippen molar-refractivity contribution in [3.8, 4) is 0 Å². The van der Waals surface area contributed by atoms with Crippen LogP contribution in [0.4, 0.5) is 0 Å². The average molecular weight is 332 g/mol. The molecule has 3 rings (SSSR count). The fourth-order valence-electron chi connectivity index (χ4n) is 5.51. The number of aliphatic carboxylic acids is 1. The standard InChI is InChI=1S/C20H28O4/c1-12-10-17(21)24-15(12)11-20(4)13(2)8-9-19(3)14(18(22)23)6-5-7-16(19)20/h6,10,13,15-16H,5,7-9,11H2,1-4H3,(H,22,23)/t13-,15+,16+,19-,20+/m1/s1. The lowest BCUT2D eigenvalue weighted by molar-refractivity contribution is -0.143. The molecule has 3 aliphatic rings. The van der Waals surface area contributed by atoms with Crippen LogP contribution in [-0.4, -0.2) is 23.1 Å². The summed E-state index contributed by atoms with van der Waals surface area (Å²) in [5.74, 6) is -0.239. The molecule has 4 nitrogen and oxygen atoms in total. The van der Waals surface area contributed by atoms with Gasteiger partial charge in [0.05, 0.1) is 0 Å². The van der Waals surface area contributed by atoms with E-state index in [-0.39, 0.29) is 22.9 Å². The zero-order valence-corrected chi connectivity index (χ0v) is 15.1. The predicted octanol–water partition coefficient (Wildman–Crippen LogP) is 4.11. The molecule has 1 N–H and O–H groups in total. The number of carbonyl (C=O) groups is 2. The Kier molecular flexibility index (Phi) is 4.13. The highest BCUT2D eigenvalue weighted by molar-refractivity contribution is 5.88. The topological polar surface area (TPSA) is 63.6 Å². The Morgan fingerprint density at radius 3 is 2.67 bits per heavy atom. The van der Waals surface area contributed by atoms with E-state index >= 15 is 0 Å². The monoisotopic (exact) mass is 332 g/mol. The summed E-state index contributed by atoms with van der Waals surface area (Å²) >= 11 is 0. The molecule has 1 heterocycles. The van der Waals surface area contributed by atoms with E-state index in [2.05, 4.69) is 20.8 Å². The second-order valence-electron chi connectivity index (χ2n) is 8.43. The lowest BCUT2D eigenvalue weighted by atomic mass is 9.46. The SMILES string of the molecule is CC1=CC(=O)O[C@H]1C[C@@]1(C)[C@H](C)CC[C@]2(C)C(C(=O)O)=CCC[C@H]12. The normalized spacial score (nSPS) is 42.0. The summed E-state index contributed by atoms with van der Waals surface area (Å²) in [4.78, 5) is 23.4. The van der Waals surface area contributed by atoms with Crippen molar-refractivity contribution in [2.75, 3.05) is 0 Å². The zero-order valence-electron chi connectivity index (χ0n) is 15.1. The zero-order chi connectivity index (χ0) is 17.7. The number of hydrogen-bond donors (Lipinski definition) is 1. The maximum atomic E-state index is 11.8. The molecule has 24 heavy (non-hydrogen) atoms. The fourth-order valence-corrected chi connectivity index (χ4v) is 5.51. The summed E-state index contributed by atoms with van der Waals surface area (Å²) < 4.78 is 5.51. The molecule has 5 atom stereocenters. The van der Waals surface area contributed by atoms with Crippen LogP contribution in [0.3, 0.4) is 0 Å². The van der Waals surface area contributed by atoms with E-state index in [1.807, 2.05) is 13.0 Å². The summed E-state index contributed by atoms with van der Waals surface area (Å²) in [5.41, 5.74) is 1.26. The van der Waals surface area contributed by atoms with Gasteiger partial charge in [-0.2, -0.15) is 0 Å². The van der Waals surface area contributed by atoms with Crippen molar-refractivity contribution in [2.45, 2.75) is 65.9 Å². The van der Waals surface area contributed by atoms with E-state index in [1.165, 1.54) is 0 Å². The molecule has 0 spiro atoms. The number of ether oxygens (including phenoxy) is 1. The minimum absolute atomic E-state index is 0.0354. The molecule has 0 unspecified atom stereocenters. The Balaban J connectivity index is 1.94. The van der Waals surface area contributed by atoms with Crippen LogP contribution >= 0.6 is 0 Å². The number of carboxylic acid groups (broad SMARTS) is 1. The summed E-state index contributed by atoms with van der Waals surface area (Å²) in [6.07, 6.45) is 7.91. The van der Waals surface area contributed by atoms with Gasteiger partial charge in [-0.25, -0.2) is 9.59 Å². The van der Waals surface area contributed by atoms with Gasteiger partial charge in [0, 0.05) is 17.1 Å². The number of carbonyl (C=O) groups excluding carboxylic acids is 1. The number of hydrogen-bond acceptors (Lipinski definition) is 3. The summed E-state index contributed by atoms with van der Waals surface area (Å²) in [6.45, 7) is 8.64. The smallest absolute Gasteiger partial charge is 0.331 e. The van der Waals surface area contributed by atoms with Gasteiger partial charge in [-0.15, -0.1) is 0 Å². The van der Waals surface area contributed by atoms with Crippen molar-refractivity contribution in [1.82, 2.24) is 0 Å². The number of fused-ring (bicyclic) bond motifs is 1. The molecule has 0 aromatic carbocycles. The third kappa shape index (κ3) is 2.51. The molecule has 1 fully saturated rings. The van der Waals surface area contributed by atoms with Gasteiger partial charge in [0.2, 0.25) is 0 Å². The molecule has 0 bridgehead atoms. The molecule has 0 aromatic rings. The largest absolute Gasteiger partial charge is 0.478 e. The van der Waals surface area contributed by atoms with Crippen LogP contribution in [0.1, 0.15) is 59.8 Å². The van der Waals surface area contributed by atoms with Crippen LogP contribution in [0.15, 0.2) is 23.3 Å². The van der Waals surface area contributed by atoms with Crippen LogP contribution in [0.25, 0.3) is 0 Å². The summed E-state index contributed by atoms with van der Waals surface area (Å²) in [7, 11) is 0. The molecule has 0 aromatic heterocycles. The Morgan fingerprint density at radius 1 is 1.38 bits per heavy atom. The molecule has 2 aliphatic carbocycles. The van der Waals surface area contributed by atoms with Gasteiger partial charge in [0.1, 0.15) is 6.10 Å². The molecule has 4 heteroatoms. The third-order valence-electron chi connectivity index (χ3n) is 7.17. The van der Waals surface area contributed by atoms with Crippen LogP contribution < -0.4 is 0 Å². The predicted molar refractivity (Wildman–Crippen MR) is 91.3 cm³/mol. The first-order valence-corrected chi connectivity index (χ1v) is 9.01. The van der Waals surface area contributed by atoms with Gasteiger partial charge in [-0.05, 0) is 61.9 Å². The van der Waals surface area contributed by atoms with Crippen molar-refractivity contribution >= 4 is 11.9 Å². The quantitative estimate of drug-likeness (QED) is 0.790. The van der Waals surface area contributed by atoms with Gasteiger partial charge in [-0.1, -0.05) is 26.8 Å². The van der Waals surface area contributed by atoms with Gasteiger partial charge in [-0.3, -0.25) is 0 Å². The van der Waals surface area contributed by atoms with Gasteiger partial charge >= 0.3 is 11.9 Å². The number of esters is 1. The lowest BCUT2D eigenvalue weighted by Gasteiger charge is -2.58. The molecular formula is C20H28O4. The van der Waals surface area contributed by atoms with Crippen LogP contribution in [0.2, 0.25) is 0 Å². The summed E-state index contributed by atoms with van der Waals surface area (Å²) in [6, 6.07) is 0. The van der Waals surface area contributed by atoms with Crippen molar-refractivity contribution in [3.05, 3.63) is 23.3 Å². The second kappa shape index (κ2) is 5.75. The van der Waals surface area contributed by atoms with Crippen molar-refractivity contribution < 1.29 is 19.4 Å². The first-order chi connectivity index (χ1) is 11.2. The maximum absolute atomic E-state index is 11.8. The molecule has 132 valence electrons. The Labute approximate surface area is 144 Å².